The third kappa shape index (κ3) is 1.47. The maximum Gasteiger partial charge on any atom is 0.136 e. The van der Waals surface area contributed by atoms with Gasteiger partial charge in [-0.1, -0.05) is 24.3 Å². The summed E-state index contributed by atoms with van der Waals surface area (Å²) >= 11 is 0. The molecule has 2 N–H and O–H groups in total. The average Bonchev–Trinajstić information content (AvgIpc) is 2.92. The molecule has 1 aromatic rings. The number of hydrogen-bond donors (Lipinski definition) is 2. The summed E-state index contributed by atoms with van der Waals surface area (Å²) in [6.07, 6.45) is 6.14. The van der Waals surface area contributed by atoms with E-state index < -0.39 is 0 Å². The number of likely N-dealkylation sites (tertiary alicyclic amines) is 1. The summed E-state index contributed by atoms with van der Waals surface area (Å²) in [5.74, 6) is 0.866. The van der Waals surface area contributed by atoms with Gasteiger partial charge in [-0.2, -0.15) is 0 Å². The molecular formula is C19H21NO3. The number of benzene rings is 1. The van der Waals surface area contributed by atoms with E-state index in [2.05, 4.69) is 24.1 Å². The summed E-state index contributed by atoms with van der Waals surface area (Å²) in [5.41, 5.74) is 5.72. The lowest BCUT2D eigenvalue weighted by Gasteiger charge is -2.53. The molecule has 0 saturated carbocycles. The van der Waals surface area contributed by atoms with Crippen molar-refractivity contribution in [3.05, 3.63) is 52.1 Å². The van der Waals surface area contributed by atoms with Crippen LogP contribution in [0, 0.1) is 0 Å². The SMILES string of the molecule is CN1CCC23C4=CC=C(CO)[C@@H]2Oc2c(CO)ccc(c23)CC41. The van der Waals surface area contributed by atoms with E-state index >= 15 is 0 Å². The fourth-order valence-electron chi connectivity index (χ4n) is 5.22. The second-order valence-electron chi connectivity index (χ2n) is 7.19. The van der Waals surface area contributed by atoms with Gasteiger partial charge in [0.2, 0.25) is 0 Å². The van der Waals surface area contributed by atoms with Gasteiger partial charge >= 0.3 is 0 Å². The molecule has 0 radical (unpaired) electrons. The Hall–Kier alpha value is -1.62. The molecule has 3 atom stereocenters. The van der Waals surface area contributed by atoms with Crippen LogP contribution in [0.5, 0.6) is 5.75 Å². The van der Waals surface area contributed by atoms with Gasteiger partial charge in [-0.15, -0.1) is 0 Å². The molecule has 2 aliphatic heterocycles. The number of aliphatic hydroxyl groups is 2. The highest BCUT2D eigenvalue weighted by atomic mass is 16.5. The van der Waals surface area contributed by atoms with E-state index in [1.54, 1.807) is 0 Å². The van der Waals surface area contributed by atoms with Gasteiger partial charge in [-0.3, -0.25) is 4.90 Å². The van der Waals surface area contributed by atoms with E-state index in [-0.39, 0.29) is 24.7 Å². The minimum atomic E-state index is -0.141. The lowest BCUT2D eigenvalue weighted by atomic mass is 9.56. The van der Waals surface area contributed by atoms with Crippen molar-refractivity contribution in [2.45, 2.75) is 37.0 Å². The third-order valence-corrected chi connectivity index (χ3v) is 6.30. The molecule has 5 rings (SSSR count). The summed E-state index contributed by atoms with van der Waals surface area (Å²) in [5, 5.41) is 19.6. The first-order chi connectivity index (χ1) is 11.2. The lowest BCUT2D eigenvalue weighted by molar-refractivity contribution is 0.104. The van der Waals surface area contributed by atoms with Crippen LogP contribution < -0.4 is 4.74 Å². The zero-order valence-corrected chi connectivity index (χ0v) is 13.2. The highest BCUT2D eigenvalue weighted by Gasteiger charge is 2.60. The molecule has 4 nitrogen and oxygen atoms in total. The summed E-state index contributed by atoms with van der Waals surface area (Å²) in [4.78, 5) is 2.44. The van der Waals surface area contributed by atoms with Gasteiger partial charge in [0.25, 0.3) is 0 Å². The maximum absolute atomic E-state index is 9.83. The van der Waals surface area contributed by atoms with Gasteiger partial charge < -0.3 is 14.9 Å². The van der Waals surface area contributed by atoms with Gasteiger partial charge in [-0.25, -0.2) is 0 Å². The Kier molecular flexibility index (Phi) is 2.68. The topological polar surface area (TPSA) is 52.9 Å². The van der Waals surface area contributed by atoms with Gasteiger partial charge in [-0.05, 0) is 43.1 Å². The molecule has 23 heavy (non-hydrogen) atoms. The van der Waals surface area contributed by atoms with Crippen molar-refractivity contribution in [1.29, 1.82) is 0 Å². The molecule has 0 amide bonds. The monoisotopic (exact) mass is 311 g/mol. The van der Waals surface area contributed by atoms with Crippen LogP contribution in [0.3, 0.4) is 0 Å². The summed E-state index contributed by atoms with van der Waals surface area (Å²) in [6, 6.07) is 4.57. The van der Waals surface area contributed by atoms with Crippen molar-refractivity contribution in [3.8, 4) is 5.75 Å². The first-order valence-corrected chi connectivity index (χ1v) is 8.35. The van der Waals surface area contributed by atoms with Gasteiger partial charge in [0.05, 0.1) is 18.6 Å². The highest BCUT2D eigenvalue weighted by molar-refractivity contribution is 5.66. The molecule has 1 saturated heterocycles. The summed E-state index contributed by atoms with van der Waals surface area (Å²) in [6.45, 7) is 1.04. The largest absolute Gasteiger partial charge is 0.484 e. The molecule has 4 aliphatic rings. The molecule has 120 valence electrons. The number of aliphatic hydroxyl groups excluding tert-OH is 2. The lowest BCUT2D eigenvalue weighted by Crippen LogP contribution is -2.58. The molecule has 4 heteroatoms. The minimum absolute atomic E-state index is 0.00797. The zero-order valence-electron chi connectivity index (χ0n) is 13.2. The van der Waals surface area contributed by atoms with E-state index in [9.17, 15) is 10.2 Å². The Morgan fingerprint density at radius 2 is 2.13 bits per heavy atom. The second kappa shape index (κ2) is 4.47. The quantitative estimate of drug-likeness (QED) is 0.864. The van der Waals surface area contributed by atoms with Crippen molar-refractivity contribution in [3.63, 3.8) is 0 Å². The maximum atomic E-state index is 9.83. The Bertz CT molecular complexity index is 766. The fraction of sp³-hybridized carbons (Fsp3) is 0.474. The predicted molar refractivity (Wildman–Crippen MR) is 86.4 cm³/mol. The number of nitrogens with zero attached hydrogens (tertiary/aromatic N) is 1. The van der Waals surface area contributed by atoms with Crippen LogP contribution >= 0.6 is 0 Å². The highest BCUT2D eigenvalue weighted by Crippen LogP contribution is 2.61. The molecule has 2 bridgehead atoms. The number of ether oxygens (including phenoxy) is 1. The van der Waals surface area contributed by atoms with Crippen LogP contribution in [0.25, 0.3) is 0 Å². The molecular weight excluding hydrogens is 290 g/mol. The summed E-state index contributed by atoms with van der Waals surface area (Å²) in [7, 11) is 2.20. The molecule has 0 aromatic heterocycles. The van der Waals surface area contributed by atoms with Gasteiger partial charge in [0, 0.05) is 17.2 Å². The average molecular weight is 311 g/mol. The normalized spacial score (nSPS) is 33.7. The first kappa shape index (κ1) is 13.8. The van der Waals surface area contributed by atoms with Crippen molar-refractivity contribution >= 4 is 0 Å². The van der Waals surface area contributed by atoms with Crippen LogP contribution in [0.1, 0.15) is 23.1 Å². The van der Waals surface area contributed by atoms with Crippen molar-refractivity contribution in [1.82, 2.24) is 4.90 Å². The van der Waals surface area contributed by atoms with Gasteiger partial charge in [0.1, 0.15) is 11.9 Å². The summed E-state index contributed by atoms with van der Waals surface area (Å²) < 4.78 is 6.39. The van der Waals surface area contributed by atoms with Crippen LogP contribution in [0.15, 0.2) is 35.4 Å². The number of hydrogen-bond acceptors (Lipinski definition) is 4. The van der Waals surface area contributed by atoms with Crippen LogP contribution in [-0.4, -0.2) is 47.5 Å². The van der Waals surface area contributed by atoms with Crippen molar-refractivity contribution < 1.29 is 14.9 Å². The standard InChI is InChI=1S/C19H21NO3/c1-20-7-6-19-14-5-4-13(10-22)18(19)23-17-12(9-21)3-2-11(16(17)19)8-15(14)20/h2-5,15,18,21-22H,6-10H2,1H3/t15?,18-,19?/m0/s1. The van der Waals surface area contributed by atoms with Gasteiger partial charge in [0.15, 0.2) is 0 Å². The first-order valence-electron chi connectivity index (χ1n) is 8.35. The van der Waals surface area contributed by atoms with E-state index in [4.69, 9.17) is 4.74 Å². The minimum Gasteiger partial charge on any atom is -0.484 e. The molecule has 2 heterocycles. The van der Waals surface area contributed by atoms with Crippen molar-refractivity contribution in [2.75, 3.05) is 20.2 Å². The Balaban J connectivity index is 1.84. The molecule has 2 aliphatic carbocycles. The number of piperidine rings is 1. The van der Waals surface area contributed by atoms with E-state index in [0.29, 0.717) is 6.04 Å². The Labute approximate surface area is 135 Å². The molecule has 1 spiro atoms. The second-order valence-corrected chi connectivity index (χ2v) is 7.19. The Morgan fingerprint density at radius 3 is 2.91 bits per heavy atom. The number of likely N-dealkylation sites (N-methyl/N-ethyl adjacent to an activating group) is 1. The van der Waals surface area contributed by atoms with E-state index in [0.717, 1.165) is 36.3 Å². The Morgan fingerprint density at radius 1 is 1.26 bits per heavy atom. The van der Waals surface area contributed by atoms with Crippen LogP contribution in [0.2, 0.25) is 0 Å². The molecule has 1 aromatic carbocycles. The van der Waals surface area contributed by atoms with E-state index in [1.807, 2.05) is 12.1 Å². The smallest absolute Gasteiger partial charge is 0.136 e. The number of rotatable bonds is 2. The molecule has 2 unspecified atom stereocenters. The number of allylic oxidation sites excluding steroid dienone is 2. The van der Waals surface area contributed by atoms with Crippen LogP contribution in [0.4, 0.5) is 0 Å². The van der Waals surface area contributed by atoms with Crippen molar-refractivity contribution in [2.24, 2.45) is 0 Å². The zero-order chi connectivity index (χ0) is 15.8. The molecule has 1 fully saturated rings. The van der Waals surface area contributed by atoms with E-state index in [1.165, 1.54) is 16.7 Å². The third-order valence-electron chi connectivity index (χ3n) is 6.30. The fourth-order valence-corrected chi connectivity index (χ4v) is 5.22. The predicted octanol–water partition coefficient (Wildman–Crippen LogP) is 1.30. The van der Waals surface area contributed by atoms with Crippen LogP contribution in [-0.2, 0) is 18.4 Å².